The maximum atomic E-state index is 5.66. The third-order valence-corrected chi connectivity index (χ3v) is 2.27. The molecule has 0 saturated heterocycles. The number of hydrogen-bond acceptors (Lipinski definition) is 2. The quantitative estimate of drug-likeness (QED) is 0.650. The van der Waals surface area contributed by atoms with Gasteiger partial charge < -0.3 is 9.64 Å². The van der Waals surface area contributed by atoms with E-state index < -0.39 is 0 Å². The van der Waals surface area contributed by atoms with Gasteiger partial charge in [0.05, 0.1) is 12.2 Å². The van der Waals surface area contributed by atoms with Crippen LogP contribution in [0.5, 0.6) is 0 Å². The Morgan fingerprint density at radius 1 is 1.31 bits per heavy atom. The lowest BCUT2D eigenvalue weighted by molar-refractivity contribution is -0.0110. The van der Waals surface area contributed by atoms with E-state index in [2.05, 4.69) is 32.7 Å². The molecule has 0 aromatic carbocycles. The van der Waals surface area contributed by atoms with Crippen LogP contribution in [0.3, 0.4) is 0 Å². The smallest absolute Gasteiger partial charge is 0.0600 e. The van der Waals surface area contributed by atoms with Crippen molar-refractivity contribution in [1.82, 2.24) is 4.90 Å². The Kier molecular flexibility index (Phi) is 3.74. The molecule has 1 rings (SSSR count). The highest BCUT2D eigenvalue weighted by atomic mass is 16.5. The van der Waals surface area contributed by atoms with Gasteiger partial charge in [-0.15, -0.1) is 0 Å². The normalized spacial score (nSPS) is 18.2. The second-order valence-corrected chi connectivity index (χ2v) is 5.17. The Morgan fingerprint density at radius 2 is 1.92 bits per heavy atom. The van der Waals surface area contributed by atoms with Crippen LogP contribution in [-0.4, -0.2) is 37.2 Å². The van der Waals surface area contributed by atoms with E-state index in [1.54, 1.807) is 0 Å². The van der Waals surface area contributed by atoms with Crippen molar-refractivity contribution in [3.8, 4) is 0 Å². The second kappa shape index (κ2) is 4.43. The van der Waals surface area contributed by atoms with E-state index in [0.717, 1.165) is 19.1 Å². The standard InChI is InChI=1S/C11H23NO/c1-11(2,3)13-8-7-12(4)9-10-5-6-10/h10H,5-9H2,1-4H3. The first kappa shape index (κ1) is 11.0. The Balaban J connectivity index is 1.97. The van der Waals surface area contributed by atoms with Crippen molar-refractivity contribution < 1.29 is 4.74 Å². The van der Waals surface area contributed by atoms with Crippen molar-refractivity contribution in [3.05, 3.63) is 0 Å². The molecule has 1 aliphatic rings. The van der Waals surface area contributed by atoms with Crippen LogP contribution >= 0.6 is 0 Å². The van der Waals surface area contributed by atoms with Gasteiger partial charge in [-0.05, 0) is 46.6 Å². The molecule has 13 heavy (non-hydrogen) atoms. The molecule has 0 unspecified atom stereocenters. The van der Waals surface area contributed by atoms with Crippen LogP contribution in [-0.2, 0) is 4.74 Å². The Morgan fingerprint density at radius 3 is 2.38 bits per heavy atom. The van der Waals surface area contributed by atoms with Crippen molar-refractivity contribution in [2.75, 3.05) is 26.7 Å². The van der Waals surface area contributed by atoms with Gasteiger partial charge in [0.2, 0.25) is 0 Å². The summed E-state index contributed by atoms with van der Waals surface area (Å²) < 4.78 is 5.66. The largest absolute Gasteiger partial charge is 0.375 e. The summed E-state index contributed by atoms with van der Waals surface area (Å²) in [6.45, 7) is 9.49. The minimum Gasteiger partial charge on any atom is -0.375 e. The first-order valence-corrected chi connectivity index (χ1v) is 5.30. The monoisotopic (exact) mass is 185 g/mol. The lowest BCUT2D eigenvalue weighted by Gasteiger charge is -2.22. The average molecular weight is 185 g/mol. The lowest BCUT2D eigenvalue weighted by Crippen LogP contribution is -2.29. The zero-order chi connectivity index (χ0) is 9.90. The minimum absolute atomic E-state index is 0.0143. The molecule has 0 radical (unpaired) electrons. The molecule has 1 fully saturated rings. The lowest BCUT2D eigenvalue weighted by atomic mass is 10.2. The summed E-state index contributed by atoms with van der Waals surface area (Å²) in [5, 5.41) is 0. The molecule has 0 heterocycles. The van der Waals surface area contributed by atoms with Crippen LogP contribution in [0.4, 0.5) is 0 Å². The summed E-state index contributed by atoms with van der Waals surface area (Å²) >= 11 is 0. The fourth-order valence-electron chi connectivity index (χ4n) is 1.34. The van der Waals surface area contributed by atoms with E-state index in [0.29, 0.717) is 0 Å². The molecule has 0 bridgehead atoms. The van der Waals surface area contributed by atoms with Crippen molar-refractivity contribution in [1.29, 1.82) is 0 Å². The third-order valence-electron chi connectivity index (χ3n) is 2.27. The van der Waals surface area contributed by atoms with Crippen LogP contribution in [0.1, 0.15) is 33.6 Å². The van der Waals surface area contributed by atoms with Crippen LogP contribution in [0.2, 0.25) is 0 Å². The molecule has 0 aromatic rings. The SMILES string of the molecule is CN(CCOC(C)(C)C)CC1CC1. The van der Waals surface area contributed by atoms with Crippen molar-refractivity contribution in [3.63, 3.8) is 0 Å². The topological polar surface area (TPSA) is 12.5 Å². The van der Waals surface area contributed by atoms with Gasteiger partial charge in [-0.25, -0.2) is 0 Å². The van der Waals surface area contributed by atoms with Gasteiger partial charge in [-0.1, -0.05) is 0 Å². The van der Waals surface area contributed by atoms with Crippen LogP contribution in [0, 0.1) is 5.92 Å². The molecule has 1 saturated carbocycles. The van der Waals surface area contributed by atoms with Gasteiger partial charge in [-0.3, -0.25) is 0 Å². The fraction of sp³-hybridized carbons (Fsp3) is 1.00. The predicted molar refractivity (Wildman–Crippen MR) is 55.9 cm³/mol. The summed E-state index contributed by atoms with van der Waals surface area (Å²) in [5.41, 5.74) is 0.0143. The third kappa shape index (κ3) is 6.05. The first-order valence-electron chi connectivity index (χ1n) is 5.30. The number of ether oxygens (including phenoxy) is 1. The molecule has 0 aliphatic heterocycles. The summed E-state index contributed by atoms with van der Waals surface area (Å²) in [5.74, 6) is 0.986. The fourth-order valence-corrected chi connectivity index (χ4v) is 1.34. The summed E-state index contributed by atoms with van der Waals surface area (Å²) in [6, 6.07) is 0. The van der Waals surface area contributed by atoms with Gasteiger partial charge in [0.1, 0.15) is 0 Å². The van der Waals surface area contributed by atoms with Crippen molar-refractivity contribution >= 4 is 0 Å². The maximum absolute atomic E-state index is 5.66. The number of rotatable bonds is 5. The van der Waals surface area contributed by atoms with Crippen molar-refractivity contribution in [2.24, 2.45) is 5.92 Å². The zero-order valence-corrected chi connectivity index (χ0v) is 9.47. The molecule has 0 atom stereocenters. The molecule has 0 aromatic heterocycles. The maximum Gasteiger partial charge on any atom is 0.0600 e. The predicted octanol–water partition coefficient (Wildman–Crippen LogP) is 2.14. The van der Waals surface area contributed by atoms with Crippen LogP contribution in [0.25, 0.3) is 0 Å². The van der Waals surface area contributed by atoms with E-state index in [-0.39, 0.29) is 5.60 Å². The molecule has 0 N–H and O–H groups in total. The molecule has 1 aliphatic carbocycles. The van der Waals surface area contributed by atoms with Gasteiger partial charge >= 0.3 is 0 Å². The van der Waals surface area contributed by atoms with Gasteiger partial charge in [0, 0.05) is 13.1 Å². The zero-order valence-electron chi connectivity index (χ0n) is 9.47. The van der Waals surface area contributed by atoms with E-state index in [9.17, 15) is 0 Å². The highest BCUT2D eigenvalue weighted by Gasteiger charge is 2.22. The molecule has 2 nitrogen and oxygen atoms in total. The molecular formula is C11H23NO. The summed E-state index contributed by atoms with van der Waals surface area (Å²) in [7, 11) is 2.18. The van der Waals surface area contributed by atoms with E-state index in [1.807, 2.05) is 0 Å². The molecular weight excluding hydrogens is 162 g/mol. The summed E-state index contributed by atoms with van der Waals surface area (Å²) in [6.07, 6.45) is 2.87. The highest BCUT2D eigenvalue weighted by molar-refractivity contribution is 4.76. The number of hydrogen-bond donors (Lipinski definition) is 0. The molecule has 78 valence electrons. The Labute approximate surface area is 82.3 Å². The highest BCUT2D eigenvalue weighted by Crippen LogP contribution is 2.29. The van der Waals surface area contributed by atoms with Gasteiger partial charge in [-0.2, -0.15) is 0 Å². The first-order chi connectivity index (χ1) is 5.97. The van der Waals surface area contributed by atoms with Crippen LogP contribution < -0.4 is 0 Å². The summed E-state index contributed by atoms with van der Waals surface area (Å²) in [4.78, 5) is 2.38. The van der Waals surface area contributed by atoms with E-state index >= 15 is 0 Å². The van der Waals surface area contributed by atoms with Crippen molar-refractivity contribution in [2.45, 2.75) is 39.2 Å². The van der Waals surface area contributed by atoms with Gasteiger partial charge in [0.15, 0.2) is 0 Å². The number of likely N-dealkylation sites (N-methyl/N-ethyl adjacent to an activating group) is 1. The number of nitrogens with zero attached hydrogens (tertiary/aromatic N) is 1. The average Bonchev–Trinajstić information content (AvgIpc) is 2.68. The van der Waals surface area contributed by atoms with Crippen LogP contribution in [0.15, 0.2) is 0 Å². The molecule has 0 amide bonds. The Hall–Kier alpha value is -0.0800. The van der Waals surface area contributed by atoms with E-state index in [4.69, 9.17) is 4.74 Å². The second-order valence-electron chi connectivity index (χ2n) is 5.17. The molecule has 0 spiro atoms. The minimum atomic E-state index is 0.0143. The Bertz CT molecular complexity index is 147. The van der Waals surface area contributed by atoms with E-state index in [1.165, 1.54) is 19.4 Å². The molecule has 2 heteroatoms. The van der Waals surface area contributed by atoms with Gasteiger partial charge in [0.25, 0.3) is 0 Å².